The van der Waals surface area contributed by atoms with Crippen molar-refractivity contribution in [3.8, 4) is 0 Å². The number of hydroxylamine groups is 1. The quantitative estimate of drug-likeness (QED) is 0.124. The molecule has 2 amide bonds. The fourth-order valence-corrected chi connectivity index (χ4v) is 4.82. The van der Waals surface area contributed by atoms with Crippen molar-refractivity contribution in [1.29, 1.82) is 0 Å². The summed E-state index contributed by atoms with van der Waals surface area (Å²) in [5, 5.41) is 21.5. The number of aromatic nitrogens is 2. The Bertz CT molecular complexity index is 1200. The highest BCUT2D eigenvalue weighted by atomic mass is 32.2. The van der Waals surface area contributed by atoms with Crippen molar-refractivity contribution in [3.05, 3.63) is 83.7 Å². The lowest BCUT2D eigenvalue weighted by Gasteiger charge is -2.36. The van der Waals surface area contributed by atoms with Crippen LogP contribution in [0.5, 0.6) is 0 Å². The number of carbonyl (C=O) groups is 2. The summed E-state index contributed by atoms with van der Waals surface area (Å²) in [6.07, 6.45) is 3.49. The van der Waals surface area contributed by atoms with Crippen molar-refractivity contribution in [3.63, 3.8) is 0 Å². The summed E-state index contributed by atoms with van der Waals surface area (Å²) in [6, 6.07) is 16.7. The largest absolute Gasteiger partial charge is 0.392 e. The molecule has 1 fully saturated rings. The van der Waals surface area contributed by atoms with Gasteiger partial charge in [0.15, 0.2) is 11.4 Å². The highest BCUT2D eigenvalue weighted by Gasteiger charge is 2.32. The number of aliphatic hydroxyl groups excluding tert-OH is 1. The van der Waals surface area contributed by atoms with Gasteiger partial charge in [0.25, 0.3) is 0 Å². The summed E-state index contributed by atoms with van der Waals surface area (Å²) in [6.45, 7) is -0.0268. The van der Waals surface area contributed by atoms with Gasteiger partial charge in [-0.25, -0.2) is 15.4 Å². The molecule has 38 heavy (non-hydrogen) atoms. The number of hydrogen-bond acceptors (Lipinski definition) is 9. The zero-order chi connectivity index (χ0) is 26.7. The van der Waals surface area contributed by atoms with Crippen LogP contribution in [-0.2, 0) is 25.7 Å². The van der Waals surface area contributed by atoms with Crippen molar-refractivity contribution in [2.45, 2.75) is 55.9 Å². The van der Waals surface area contributed by atoms with Gasteiger partial charge in [0, 0.05) is 48.7 Å². The van der Waals surface area contributed by atoms with Crippen molar-refractivity contribution >= 4 is 29.3 Å². The van der Waals surface area contributed by atoms with Crippen LogP contribution >= 0.6 is 11.8 Å². The molecule has 0 saturated carbocycles. The molecule has 0 spiro atoms. The minimum atomic E-state index is -0.668. The number of rotatable bonds is 11. The van der Waals surface area contributed by atoms with E-state index in [1.54, 1.807) is 30.0 Å². The SMILES string of the molecule is O=C(CCCC(=O)Nc1cccc([C@@H]2O[C@H](CSc3ncccn3)C[C@H](c3ccc(CO)cc3)O2)c1)NO. The molecule has 0 bridgehead atoms. The number of benzene rings is 2. The summed E-state index contributed by atoms with van der Waals surface area (Å²) in [7, 11) is 0. The molecule has 1 aliphatic heterocycles. The number of hydrogen-bond donors (Lipinski definition) is 4. The molecule has 1 aromatic heterocycles. The van der Waals surface area contributed by atoms with Gasteiger partial charge in [0.1, 0.15) is 0 Å². The molecule has 11 heteroatoms. The van der Waals surface area contributed by atoms with E-state index in [-0.39, 0.29) is 37.6 Å². The molecule has 3 aromatic rings. The van der Waals surface area contributed by atoms with Crippen LogP contribution < -0.4 is 10.8 Å². The molecule has 4 rings (SSSR count). The Hall–Kier alpha value is -3.35. The third-order valence-corrected chi connectivity index (χ3v) is 6.94. The van der Waals surface area contributed by atoms with Gasteiger partial charge in [-0.2, -0.15) is 0 Å². The molecule has 0 radical (unpaired) electrons. The van der Waals surface area contributed by atoms with E-state index in [1.165, 1.54) is 11.8 Å². The molecule has 10 nitrogen and oxygen atoms in total. The number of nitrogens with zero attached hydrogens (tertiary/aromatic N) is 2. The molecule has 0 unspecified atom stereocenters. The number of aliphatic hydroxyl groups is 1. The van der Waals surface area contributed by atoms with Gasteiger partial charge >= 0.3 is 0 Å². The standard InChI is InChI=1S/C27H30N4O6S/c32-16-18-8-10-19(11-9-18)23-15-22(17-38-27-28-12-3-13-29-27)36-26(37-23)20-4-1-5-21(14-20)30-24(33)6-2-7-25(34)31-35/h1,3-5,8-14,22-23,26,32,35H,2,6-7,15-17H2,(H,30,33)(H,31,34)/t22-,23+,26+/m0/s1. The van der Waals surface area contributed by atoms with Gasteiger partial charge in [-0.15, -0.1) is 0 Å². The average molecular weight is 539 g/mol. The Balaban J connectivity index is 1.46. The second-order valence-electron chi connectivity index (χ2n) is 8.75. The van der Waals surface area contributed by atoms with E-state index in [0.717, 1.165) is 16.7 Å². The molecule has 2 heterocycles. The lowest BCUT2D eigenvalue weighted by Crippen LogP contribution is -2.31. The Kier molecular flexibility index (Phi) is 10.2. The summed E-state index contributed by atoms with van der Waals surface area (Å²) in [5.74, 6) is -0.136. The smallest absolute Gasteiger partial charge is 0.243 e. The summed E-state index contributed by atoms with van der Waals surface area (Å²) >= 11 is 1.51. The van der Waals surface area contributed by atoms with Crippen molar-refractivity contribution in [1.82, 2.24) is 15.4 Å². The average Bonchev–Trinajstić information content (AvgIpc) is 2.96. The Morgan fingerprint density at radius 3 is 2.47 bits per heavy atom. The molecule has 4 N–H and O–H groups in total. The first-order chi connectivity index (χ1) is 18.5. The van der Waals surface area contributed by atoms with Gasteiger partial charge in [0.2, 0.25) is 11.8 Å². The number of carbonyl (C=O) groups excluding carboxylic acids is 2. The van der Waals surface area contributed by atoms with E-state index in [0.29, 0.717) is 29.4 Å². The van der Waals surface area contributed by atoms with Crippen LogP contribution in [0, 0.1) is 0 Å². The van der Waals surface area contributed by atoms with E-state index in [2.05, 4.69) is 15.3 Å². The molecule has 200 valence electrons. The van der Waals surface area contributed by atoms with Gasteiger partial charge in [-0.05, 0) is 35.7 Å². The molecule has 0 aliphatic carbocycles. The van der Waals surface area contributed by atoms with Crippen molar-refractivity contribution in [2.75, 3.05) is 11.1 Å². The third-order valence-electron chi connectivity index (χ3n) is 5.93. The Labute approximate surface area is 224 Å². The van der Waals surface area contributed by atoms with Crippen LogP contribution in [0.3, 0.4) is 0 Å². The van der Waals surface area contributed by atoms with Crippen LogP contribution in [0.4, 0.5) is 5.69 Å². The maximum atomic E-state index is 12.3. The predicted molar refractivity (Wildman–Crippen MR) is 140 cm³/mol. The molecular formula is C27H30N4O6S. The topological polar surface area (TPSA) is 143 Å². The molecule has 3 atom stereocenters. The number of ether oxygens (including phenoxy) is 2. The Morgan fingerprint density at radius 1 is 0.974 bits per heavy atom. The maximum Gasteiger partial charge on any atom is 0.243 e. The fraction of sp³-hybridized carbons (Fsp3) is 0.333. The number of anilines is 1. The first kappa shape index (κ1) is 27.7. The molecule has 1 aliphatic rings. The van der Waals surface area contributed by atoms with E-state index < -0.39 is 12.2 Å². The van der Waals surface area contributed by atoms with Crippen molar-refractivity contribution < 1.29 is 29.4 Å². The number of nitrogens with one attached hydrogen (secondary N) is 2. The normalized spacial score (nSPS) is 19.1. The zero-order valence-electron chi connectivity index (χ0n) is 20.7. The highest BCUT2D eigenvalue weighted by Crippen LogP contribution is 2.39. The highest BCUT2D eigenvalue weighted by molar-refractivity contribution is 7.99. The number of thioether (sulfide) groups is 1. The molecule has 1 saturated heterocycles. The summed E-state index contributed by atoms with van der Waals surface area (Å²) < 4.78 is 12.7. The van der Waals surface area contributed by atoms with Gasteiger partial charge < -0.3 is 19.9 Å². The van der Waals surface area contributed by atoms with Crippen molar-refractivity contribution in [2.24, 2.45) is 0 Å². The van der Waals surface area contributed by atoms with E-state index >= 15 is 0 Å². The minimum Gasteiger partial charge on any atom is -0.392 e. The predicted octanol–water partition coefficient (Wildman–Crippen LogP) is 3.92. The Morgan fingerprint density at radius 2 is 1.74 bits per heavy atom. The first-order valence-corrected chi connectivity index (χ1v) is 13.3. The summed E-state index contributed by atoms with van der Waals surface area (Å²) in [5.41, 5.74) is 4.71. The maximum absolute atomic E-state index is 12.3. The van der Waals surface area contributed by atoms with Gasteiger partial charge in [-0.1, -0.05) is 48.2 Å². The van der Waals surface area contributed by atoms with E-state index in [1.807, 2.05) is 42.5 Å². The number of amides is 2. The van der Waals surface area contributed by atoms with E-state index in [4.69, 9.17) is 14.7 Å². The molecule has 2 aromatic carbocycles. The lowest BCUT2D eigenvalue weighted by molar-refractivity contribution is -0.245. The van der Waals surface area contributed by atoms with Crippen LogP contribution in [0.2, 0.25) is 0 Å². The zero-order valence-corrected chi connectivity index (χ0v) is 21.5. The molecular weight excluding hydrogens is 508 g/mol. The lowest BCUT2D eigenvalue weighted by atomic mass is 10.0. The first-order valence-electron chi connectivity index (χ1n) is 12.3. The van der Waals surface area contributed by atoms with Gasteiger partial charge in [0.05, 0.1) is 18.8 Å². The van der Waals surface area contributed by atoms with Crippen LogP contribution in [0.25, 0.3) is 0 Å². The van der Waals surface area contributed by atoms with Crippen LogP contribution in [-0.4, -0.2) is 44.0 Å². The van der Waals surface area contributed by atoms with Gasteiger partial charge in [-0.3, -0.25) is 14.8 Å². The second kappa shape index (κ2) is 14.0. The minimum absolute atomic E-state index is 0.0268. The second-order valence-corrected chi connectivity index (χ2v) is 9.74. The monoisotopic (exact) mass is 538 g/mol. The third kappa shape index (κ3) is 8.07. The summed E-state index contributed by atoms with van der Waals surface area (Å²) in [4.78, 5) is 32.0. The fourth-order valence-electron chi connectivity index (χ4n) is 4.00. The van der Waals surface area contributed by atoms with E-state index in [9.17, 15) is 14.7 Å². The van der Waals surface area contributed by atoms with Crippen LogP contribution in [0.1, 0.15) is 54.8 Å². The van der Waals surface area contributed by atoms with Crippen LogP contribution in [0.15, 0.2) is 72.1 Å².